The highest BCUT2D eigenvalue weighted by Gasteiger charge is 2.32. The van der Waals surface area contributed by atoms with Crippen LogP contribution in [-0.4, -0.2) is 35.0 Å². The van der Waals surface area contributed by atoms with Crippen molar-refractivity contribution in [3.63, 3.8) is 0 Å². The summed E-state index contributed by atoms with van der Waals surface area (Å²) < 4.78 is 13.8. The van der Waals surface area contributed by atoms with Crippen LogP contribution in [0.1, 0.15) is 31.7 Å². The number of benzene rings is 1. The maximum Gasteiger partial charge on any atom is 0.326 e. The average molecular weight is 336 g/mol. The molecule has 0 spiro atoms. The monoisotopic (exact) mass is 336 g/mol. The number of carboxylic acids is 1. The normalized spacial score (nSPS) is 16.1. The van der Waals surface area contributed by atoms with E-state index in [4.69, 9.17) is 0 Å². The van der Waals surface area contributed by atoms with Gasteiger partial charge in [0.25, 0.3) is 0 Å². The van der Waals surface area contributed by atoms with Crippen LogP contribution in [0.2, 0.25) is 0 Å². The quantitative estimate of drug-likeness (QED) is 0.666. The van der Waals surface area contributed by atoms with E-state index in [-0.39, 0.29) is 12.0 Å². The van der Waals surface area contributed by atoms with Crippen molar-refractivity contribution in [1.82, 2.24) is 10.6 Å². The Bertz CT molecular complexity index is 631. The third-order valence-electron chi connectivity index (χ3n) is 3.96. The van der Waals surface area contributed by atoms with Gasteiger partial charge in [-0.3, -0.25) is 9.59 Å². The van der Waals surface area contributed by atoms with E-state index in [1.807, 2.05) is 0 Å². The number of rotatable bonds is 8. The molecule has 7 heteroatoms. The van der Waals surface area contributed by atoms with Crippen molar-refractivity contribution in [1.29, 1.82) is 0 Å². The van der Waals surface area contributed by atoms with E-state index in [1.165, 1.54) is 25.1 Å². The molecule has 0 radical (unpaired) electrons. The molecule has 6 nitrogen and oxygen atoms in total. The van der Waals surface area contributed by atoms with Gasteiger partial charge in [0.2, 0.25) is 11.8 Å². The van der Waals surface area contributed by atoms with Gasteiger partial charge in [0.05, 0.1) is 0 Å². The van der Waals surface area contributed by atoms with Crippen molar-refractivity contribution in [2.24, 2.45) is 5.92 Å². The first-order chi connectivity index (χ1) is 11.4. The number of halogens is 1. The van der Waals surface area contributed by atoms with Crippen molar-refractivity contribution in [2.75, 3.05) is 0 Å². The standard InChI is InChI=1S/C17H21FN2O4/c1-10(21)19-14(9-12-4-2-3-5-13(12)18)16(22)20-15(17(23)24)8-11-6-7-11/h2-5,11,14-15H,6-9H2,1H3,(H,19,21)(H,20,22)(H,23,24)/t14-,15+/m1/s1. The molecule has 1 aromatic rings. The van der Waals surface area contributed by atoms with Crippen LogP contribution < -0.4 is 10.6 Å². The first-order valence-corrected chi connectivity index (χ1v) is 7.90. The van der Waals surface area contributed by atoms with Gasteiger partial charge >= 0.3 is 5.97 Å². The Balaban J connectivity index is 2.07. The molecular formula is C17H21FN2O4. The van der Waals surface area contributed by atoms with E-state index in [9.17, 15) is 23.9 Å². The third kappa shape index (κ3) is 5.33. The van der Waals surface area contributed by atoms with Gasteiger partial charge in [-0.2, -0.15) is 0 Å². The zero-order chi connectivity index (χ0) is 17.7. The van der Waals surface area contributed by atoms with E-state index >= 15 is 0 Å². The summed E-state index contributed by atoms with van der Waals surface area (Å²) in [6.45, 7) is 1.25. The van der Waals surface area contributed by atoms with Crippen LogP contribution in [0.15, 0.2) is 24.3 Å². The van der Waals surface area contributed by atoms with E-state index in [0.29, 0.717) is 12.3 Å². The highest BCUT2D eigenvalue weighted by atomic mass is 19.1. The first kappa shape index (κ1) is 17.9. The number of nitrogens with one attached hydrogen (secondary N) is 2. The number of carbonyl (C=O) groups is 3. The molecule has 0 bridgehead atoms. The molecule has 0 aliphatic heterocycles. The average Bonchev–Trinajstić information content (AvgIpc) is 3.31. The Morgan fingerprint density at radius 2 is 1.88 bits per heavy atom. The van der Waals surface area contributed by atoms with E-state index in [0.717, 1.165) is 12.8 Å². The van der Waals surface area contributed by atoms with E-state index < -0.39 is 35.7 Å². The molecule has 2 atom stereocenters. The molecule has 1 aliphatic carbocycles. The second-order valence-corrected chi connectivity index (χ2v) is 6.13. The molecule has 1 aromatic carbocycles. The maximum absolute atomic E-state index is 13.8. The lowest BCUT2D eigenvalue weighted by molar-refractivity contribution is -0.142. The van der Waals surface area contributed by atoms with Crippen molar-refractivity contribution in [3.8, 4) is 0 Å². The van der Waals surface area contributed by atoms with Gasteiger partial charge in [-0.1, -0.05) is 31.0 Å². The molecule has 0 aromatic heterocycles. The SMILES string of the molecule is CC(=O)N[C@H](Cc1ccccc1F)C(=O)N[C@@H](CC1CC1)C(=O)O. The summed E-state index contributed by atoms with van der Waals surface area (Å²) in [5.74, 6) is -2.34. The lowest BCUT2D eigenvalue weighted by Crippen LogP contribution is -2.52. The zero-order valence-corrected chi connectivity index (χ0v) is 13.4. The Kier molecular flexibility index (Phi) is 5.89. The number of amides is 2. The molecule has 0 heterocycles. The molecule has 2 amide bonds. The topological polar surface area (TPSA) is 95.5 Å². The van der Waals surface area contributed by atoms with Gasteiger partial charge in [0.15, 0.2) is 0 Å². The number of aliphatic carboxylic acids is 1. The highest BCUT2D eigenvalue weighted by molar-refractivity contribution is 5.90. The Morgan fingerprint density at radius 1 is 1.21 bits per heavy atom. The smallest absolute Gasteiger partial charge is 0.326 e. The number of carbonyl (C=O) groups excluding carboxylic acids is 2. The van der Waals surface area contributed by atoms with Crippen LogP contribution >= 0.6 is 0 Å². The summed E-state index contributed by atoms with van der Waals surface area (Å²) >= 11 is 0. The number of hydrogen-bond acceptors (Lipinski definition) is 3. The second-order valence-electron chi connectivity index (χ2n) is 6.13. The molecule has 0 unspecified atom stereocenters. The van der Waals surface area contributed by atoms with Crippen LogP contribution in [0.4, 0.5) is 4.39 Å². The van der Waals surface area contributed by atoms with Gasteiger partial charge in [0.1, 0.15) is 17.9 Å². The molecule has 130 valence electrons. The predicted octanol–water partition coefficient (Wildman–Crippen LogP) is 1.24. The number of hydrogen-bond donors (Lipinski definition) is 3. The van der Waals surface area contributed by atoms with Gasteiger partial charge in [-0.25, -0.2) is 9.18 Å². The lowest BCUT2D eigenvalue weighted by atomic mass is 10.0. The van der Waals surface area contributed by atoms with Gasteiger partial charge in [-0.05, 0) is 24.0 Å². The van der Waals surface area contributed by atoms with Gasteiger partial charge in [-0.15, -0.1) is 0 Å². The van der Waals surface area contributed by atoms with Crippen molar-refractivity contribution >= 4 is 17.8 Å². The van der Waals surface area contributed by atoms with Crippen LogP contribution in [0, 0.1) is 11.7 Å². The summed E-state index contributed by atoms with van der Waals surface area (Å²) in [6.07, 6.45) is 2.25. The van der Waals surface area contributed by atoms with E-state index in [2.05, 4.69) is 10.6 Å². The molecule has 1 fully saturated rings. The minimum Gasteiger partial charge on any atom is -0.480 e. The third-order valence-corrected chi connectivity index (χ3v) is 3.96. The minimum atomic E-state index is -1.11. The fourth-order valence-corrected chi connectivity index (χ4v) is 2.52. The van der Waals surface area contributed by atoms with Gasteiger partial charge < -0.3 is 15.7 Å². The fraction of sp³-hybridized carbons (Fsp3) is 0.471. The van der Waals surface area contributed by atoms with Crippen molar-refractivity contribution in [3.05, 3.63) is 35.6 Å². The molecule has 0 saturated heterocycles. The summed E-state index contributed by atoms with van der Waals surface area (Å²) in [5, 5.41) is 14.1. The van der Waals surface area contributed by atoms with Crippen LogP contribution in [0.25, 0.3) is 0 Å². The Hall–Kier alpha value is -2.44. The van der Waals surface area contributed by atoms with Crippen LogP contribution in [-0.2, 0) is 20.8 Å². The molecule has 24 heavy (non-hydrogen) atoms. The summed E-state index contributed by atoms with van der Waals surface area (Å²) in [7, 11) is 0. The Labute approximate surface area is 139 Å². The minimum absolute atomic E-state index is 0.0478. The summed E-state index contributed by atoms with van der Waals surface area (Å²) in [6, 6.07) is 3.93. The summed E-state index contributed by atoms with van der Waals surface area (Å²) in [4.78, 5) is 35.0. The molecule has 3 N–H and O–H groups in total. The zero-order valence-electron chi connectivity index (χ0n) is 13.4. The first-order valence-electron chi connectivity index (χ1n) is 7.90. The van der Waals surface area contributed by atoms with Crippen LogP contribution in [0.5, 0.6) is 0 Å². The summed E-state index contributed by atoms with van der Waals surface area (Å²) in [5.41, 5.74) is 0.278. The largest absolute Gasteiger partial charge is 0.480 e. The highest BCUT2D eigenvalue weighted by Crippen LogP contribution is 2.33. The second kappa shape index (κ2) is 7.90. The Morgan fingerprint density at radius 3 is 2.42 bits per heavy atom. The predicted molar refractivity (Wildman–Crippen MR) is 84.6 cm³/mol. The molecule has 1 aliphatic rings. The van der Waals surface area contributed by atoms with E-state index in [1.54, 1.807) is 6.07 Å². The molecule has 2 rings (SSSR count). The molecule has 1 saturated carbocycles. The fourth-order valence-electron chi connectivity index (χ4n) is 2.52. The van der Waals surface area contributed by atoms with Crippen molar-refractivity contribution in [2.45, 2.75) is 44.7 Å². The van der Waals surface area contributed by atoms with Crippen LogP contribution in [0.3, 0.4) is 0 Å². The van der Waals surface area contributed by atoms with Crippen molar-refractivity contribution < 1.29 is 23.9 Å². The number of carboxylic acid groups (broad SMARTS) is 1. The maximum atomic E-state index is 13.8. The molecular weight excluding hydrogens is 315 g/mol. The van der Waals surface area contributed by atoms with Gasteiger partial charge in [0, 0.05) is 13.3 Å². The lowest BCUT2D eigenvalue weighted by Gasteiger charge is -2.21.